The highest BCUT2D eigenvalue weighted by Gasteiger charge is 1.97. The van der Waals surface area contributed by atoms with Gasteiger partial charge >= 0.3 is 5.97 Å². The second-order valence-corrected chi connectivity index (χ2v) is 3.26. The molecule has 0 saturated carbocycles. The molecule has 74 valence electrons. The van der Waals surface area contributed by atoms with Gasteiger partial charge in [0.15, 0.2) is 0 Å². The topological polar surface area (TPSA) is 49.3 Å². The molecule has 0 spiro atoms. The van der Waals surface area contributed by atoms with Crippen LogP contribution in [0.1, 0.15) is 0 Å². The second kappa shape index (κ2) is 4.88. The van der Waals surface area contributed by atoms with Crippen LogP contribution in [0.15, 0.2) is 30.5 Å². The Morgan fingerprint density at radius 3 is 2.64 bits per heavy atom. The molecule has 0 saturated heterocycles. The summed E-state index contributed by atoms with van der Waals surface area (Å²) >= 11 is 11.4. The summed E-state index contributed by atoms with van der Waals surface area (Å²) in [5.74, 6) is -1.02. The van der Waals surface area contributed by atoms with Gasteiger partial charge in [-0.05, 0) is 18.2 Å². The minimum absolute atomic E-state index is 0.417. The van der Waals surface area contributed by atoms with Crippen molar-refractivity contribution in [2.75, 3.05) is 5.32 Å². The third-order valence-corrected chi connectivity index (χ3v) is 2.13. The Bertz CT molecular complexity index is 377. The third kappa shape index (κ3) is 3.28. The molecule has 2 N–H and O–H groups in total. The maximum Gasteiger partial charge on any atom is 0.329 e. The van der Waals surface area contributed by atoms with Gasteiger partial charge in [0, 0.05) is 18.0 Å². The fraction of sp³-hybridized carbons (Fsp3) is 0. The normalized spacial score (nSPS) is 10.4. The van der Waals surface area contributed by atoms with Crippen molar-refractivity contribution in [3.8, 4) is 0 Å². The van der Waals surface area contributed by atoms with Crippen molar-refractivity contribution < 1.29 is 9.90 Å². The van der Waals surface area contributed by atoms with E-state index in [0.717, 1.165) is 6.08 Å². The van der Waals surface area contributed by atoms with Crippen LogP contribution in [0, 0.1) is 0 Å². The van der Waals surface area contributed by atoms with E-state index in [1.165, 1.54) is 6.20 Å². The Balaban J connectivity index is 2.69. The summed E-state index contributed by atoms with van der Waals surface area (Å²) in [4.78, 5) is 10.1. The van der Waals surface area contributed by atoms with Crippen LogP contribution in [0.2, 0.25) is 10.0 Å². The van der Waals surface area contributed by atoms with Gasteiger partial charge in [0.25, 0.3) is 0 Å². The van der Waals surface area contributed by atoms with Gasteiger partial charge in [-0.25, -0.2) is 4.79 Å². The van der Waals surface area contributed by atoms with E-state index in [1.54, 1.807) is 18.2 Å². The predicted octanol–water partition coefficient (Wildman–Crippen LogP) is 3.00. The van der Waals surface area contributed by atoms with E-state index in [0.29, 0.717) is 15.7 Å². The number of carboxylic acids is 1. The summed E-state index contributed by atoms with van der Waals surface area (Å²) < 4.78 is 0. The smallest absolute Gasteiger partial charge is 0.329 e. The van der Waals surface area contributed by atoms with Gasteiger partial charge in [0.2, 0.25) is 0 Å². The summed E-state index contributed by atoms with van der Waals surface area (Å²) in [5.41, 5.74) is 0.678. The summed E-state index contributed by atoms with van der Waals surface area (Å²) in [6, 6.07) is 4.93. The van der Waals surface area contributed by atoms with Crippen molar-refractivity contribution in [1.29, 1.82) is 0 Å². The molecule has 3 nitrogen and oxygen atoms in total. The molecule has 0 amide bonds. The molecule has 0 aliphatic carbocycles. The number of aliphatic carboxylic acids is 1. The number of carbonyl (C=O) groups is 1. The standard InChI is InChI=1S/C9H7Cl2NO2/c10-7-2-1-6(5-8(7)11)12-4-3-9(13)14/h1-5,12H,(H,13,14). The van der Waals surface area contributed by atoms with Gasteiger partial charge in [-0.1, -0.05) is 23.2 Å². The lowest BCUT2D eigenvalue weighted by atomic mass is 10.3. The first kappa shape index (κ1) is 10.9. The molecular weight excluding hydrogens is 225 g/mol. The molecule has 14 heavy (non-hydrogen) atoms. The molecule has 0 bridgehead atoms. The molecule has 0 aliphatic rings. The monoisotopic (exact) mass is 231 g/mol. The molecule has 0 atom stereocenters. The van der Waals surface area contributed by atoms with Crippen molar-refractivity contribution in [2.45, 2.75) is 0 Å². The fourth-order valence-electron chi connectivity index (χ4n) is 0.795. The van der Waals surface area contributed by atoms with Crippen LogP contribution in [0.5, 0.6) is 0 Å². The number of hydrogen-bond donors (Lipinski definition) is 2. The van der Waals surface area contributed by atoms with E-state index < -0.39 is 5.97 Å². The van der Waals surface area contributed by atoms with E-state index >= 15 is 0 Å². The molecule has 0 heterocycles. The van der Waals surface area contributed by atoms with Gasteiger partial charge in [0.05, 0.1) is 10.0 Å². The van der Waals surface area contributed by atoms with Crippen molar-refractivity contribution in [3.05, 3.63) is 40.5 Å². The molecule has 0 unspecified atom stereocenters. The van der Waals surface area contributed by atoms with E-state index in [1.807, 2.05) is 0 Å². The van der Waals surface area contributed by atoms with Crippen LogP contribution in [-0.4, -0.2) is 11.1 Å². The van der Waals surface area contributed by atoms with Crippen LogP contribution in [0.4, 0.5) is 5.69 Å². The lowest BCUT2D eigenvalue weighted by molar-refractivity contribution is -0.131. The van der Waals surface area contributed by atoms with E-state index in [-0.39, 0.29) is 0 Å². The zero-order chi connectivity index (χ0) is 10.6. The summed E-state index contributed by atoms with van der Waals surface area (Å²) in [6.07, 6.45) is 2.30. The van der Waals surface area contributed by atoms with Crippen LogP contribution in [0.25, 0.3) is 0 Å². The van der Waals surface area contributed by atoms with E-state index in [9.17, 15) is 4.79 Å². The highest BCUT2D eigenvalue weighted by Crippen LogP contribution is 2.24. The number of halogens is 2. The molecule has 0 aromatic heterocycles. The van der Waals surface area contributed by atoms with Crippen LogP contribution < -0.4 is 5.32 Å². The van der Waals surface area contributed by atoms with E-state index in [4.69, 9.17) is 28.3 Å². The Kier molecular flexibility index (Phi) is 3.80. The first-order valence-corrected chi connectivity index (χ1v) is 4.46. The fourth-order valence-corrected chi connectivity index (χ4v) is 1.09. The first-order chi connectivity index (χ1) is 6.59. The average molecular weight is 232 g/mol. The number of benzene rings is 1. The first-order valence-electron chi connectivity index (χ1n) is 3.70. The Hall–Kier alpha value is -1.19. The summed E-state index contributed by atoms with van der Waals surface area (Å²) in [6.45, 7) is 0. The lowest BCUT2D eigenvalue weighted by Gasteiger charge is -2.01. The average Bonchev–Trinajstić information content (AvgIpc) is 2.10. The van der Waals surface area contributed by atoms with Crippen LogP contribution >= 0.6 is 23.2 Å². The van der Waals surface area contributed by atoms with Crippen molar-refractivity contribution in [3.63, 3.8) is 0 Å². The maximum absolute atomic E-state index is 10.1. The van der Waals surface area contributed by atoms with Gasteiger partial charge in [-0.15, -0.1) is 0 Å². The third-order valence-electron chi connectivity index (χ3n) is 1.40. The molecule has 5 heteroatoms. The molecule has 0 radical (unpaired) electrons. The van der Waals surface area contributed by atoms with E-state index in [2.05, 4.69) is 5.32 Å². The van der Waals surface area contributed by atoms with Crippen molar-refractivity contribution >= 4 is 34.9 Å². The Morgan fingerprint density at radius 1 is 1.36 bits per heavy atom. The van der Waals surface area contributed by atoms with Gasteiger partial charge < -0.3 is 10.4 Å². The zero-order valence-corrected chi connectivity index (χ0v) is 8.51. The Morgan fingerprint density at radius 2 is 2.07 bits per heavy atom. The highest BCUT2D eigenvalue weighted by molar-refractivity contribution is 6.42. The van der Waals surface area contributed by atoms with Gasteiger partial charge in [0.1, 0.15) is 0 Å². The summed E-state index contributed by atoms with van der Waals surface area (Å²) in [7, 11) is 0. The van der Waals surface area contributed by atoms with Crippen LogP contribution in [0.3, 0.4) is 0 Å². The zero-order valence-electron chi connectivity index (χ0n) is 7.00. The molecule has 0 aliphatic heterocycles. The number of anilines is 1. The number of carboxylic acid groups (broad SMARTS) is 1. The van der Waals surface area contributed by atoms with Gasteiger partial charge in [-0.2, -0.15) is 0 Å². The summed E-state index contributed by atoms with van der Waals surface area (Å²) in [5, 5.41) is 11.9. The van der Waals surface area contributed by atoms with Crippen LogP contribution in [-0.2, 0) is 4.79 Å². The minimum Gasteiger partial charge on any atom is -0.478 e. The number of hydrogen-bond acceptors (Lipinski definition) is 2. The molecule has 1 rings (SSSR count). The Labute approximate surface area is 90.9 Å². The lowest BCUT2D eigenvalue weighted by Crippen LogP contribution is -1.92. The minimum atomic E-state index is -1.02. The van der Waals surface area contributed by atoms with Crippen molar-refractivity contribution in [1.82, 2.24) is 0 Å². The highest BCUT2D eigenvalue weighted by atomic mass is 35.5. The molecule has 0 fully saturated rings. The molecule has 1 aromatic carbocycles. The SMILES string of the molecule is O=C(O)C=CNc1ccc(Cl)c(Cl)c1. The van der Waals surface area contributed by atoms with Gasteiger partial charge in [-0.3, -0.25) is 0 Å². The number of nitrogens with one attached hydrogen (secondary N) is 1. The second-order valence-electron chi connectivity index (χ2n) is 2.44. The van der Waals surface area contributed by atoms with Crippen molar-refractivity contribution in [2.24, 2.45) is 0 Å². The predicted molar refractivity (Wildman–Crippen MR) is 56.9 cm³/mol. The largest absolute Gasteiger partial charge is 0.478 e. The maximum atomic E-state index is 10.1. The molecular formula is C9H7Cl2NO2. The number of rotatable bonds is 3. The molecule has 1 aromatic rings. The quantitative estimate of drug-likeness (QED) is 0.787.